The Balaban J connectivity index is 1.64. The highest BCUT2D eigenvalue weighted by molar-refractivity contribution is 6.07. The number of ketones is 1. The van der Waals surface area contributed by atoms with Crippen LogP contribution < -0.4 is 4.90 Å². The van der Waals surface area contributed by atoms with Gasteiger partial charge in [-0.2, -0.15) is 0 Å². The van der Waals surface area contributed by atoms with Crippen molar-refractivity contribution < 1.29 is 19.4 Å². The van der Waals surface area contributed by atoms with Gasteiger partial charge in [-0.3, -0.25) is 4.79 Å². The summed E-state index contributed by atoms with van der Waals surface area (Å²) >= 11 is 0. The molecule has 2 heterocycles. The first-order chi connectivity index (χ1) is 12.1. The van der Waals surface area contributed by atoms with E-state index in [-0.39, 0.29) is 11.3 Å². The number of hydrogen-bond donors (Lipinski definition) is 1. The molecule has 0 radical (unpaired) electrons. The molecule has 1 N–H and O–H groups in total. The van der Waals surface area contributed by atoms with Crippen molar-refractivity contribution in [3.05, 3.63) is 59.4 Å². The van der Waals surface area contributed by atoms with Crippen LogP contribution in [0.15, 0.2) is 42.7 Å². The number of aromatic nitrogens is 2. The van der Waals surface area contributed by atoms with E-state index in [9.17, 15) is 9.59 Å². The van der Waals surface area contributed by atoms with Crippen molar-refractivity contribution in [3.63, 3.8) is 0 Å². The number of rotatable bonds is 5. The number of nitrogens with zero attached hydrogens (tertiary/aromatic N) is 3. The molecule has 2 aromatic rings. The minimum absolute atomic E-state index is 0.146. The number of hydrogen-bond acceptors (Lipinski definition) is 6. The highest BCUT2D eigenvalue weighted by Crippen LogP contribution is 2.11. The standard InChI is InChI=1S/C18H17N3O4/c22-16(14-2-4-15(5-3-14)17(23)24)6-1-13-11-19-18(20-12-13)21-7-9-25-10-8-21/h1-6,11-12H,7-10H2,(H,23,24)/b6-1-. The Labute approximate surface area is 144 Å². The van der Waals surface area contributed by atoms with Crippen LogP contribution in [0.2, 0.25) is 0 Å². The lowest BCUT2D eigenvalue weighted by atomic mass is 10.1. The molecule has 3 rings (SSSR count). The van der Waals surface area contributed by atoms with Crippen LogP contribution in [-0.2, 0) is 4.74 Å². The average Bonchev–Trinajstić information content (AvgIpc) is 2.67. The molecule has 1 aliphatic rings. The second kappa shape index (κ2) is 7.67. The summed E-state index contributed by atoms with van der Waals surface area (Å²) in [6.07, 6.45) is 6.38. The summed E-state index contributed by atoms with van der Waals surface area (Å²) in [4.78, 5) is 33.6. The van der Waals surface area contributed by atoms with Gasteiger partial charge in [0, 0.05) is 36.6 Å². The van der Waals surface area contributed by atoms with E-state index in [1.807, 2.05) is 4.90 Å². The molecular formula is C18H17N3O4. The number of aromatic carboxylic acids is 1. The molecule has 1 aromatic heterocycles. The summed E-state index contributed by atoms with van der Waals surface area (Å²) in [5.41, 5.74) is 1.28. The number of allylic oxidation sites excluding steroid dienone is 1. The van der Waals surface area contributed by atoms with E-state index in [0.29, 0.717) is 30.3 Å². The molecule has 1 aromatic carbocycles. The molecule has 1 aliphatic heterocycles. The van der Waals surface area contributed by atoms with Gasteiger partial charge in [-0.1, -0.05) is 12.1 Å². The topological polar surface area (TPSA) is 92.6 Å². The molecule has 0 amide bonds. The summed E-state index contributed by atoms with van der Waals surface area (Å²) in [5, 5.41) is 8.86. The first-order valence-corrected chi connectivity index (χ1v) is 7.84. The van der Waals surface area contributed by atoms with Gasteiger partial charge in [0.2, 0.25) is 5.95 Å². The molecule has 0 unspecified atom stereocenters. The van der Waals surface area contributed by atoms with Crippen LogP contribution in [0.25, 0.3) is 6.08 Å². The zero-order valence-corrected chi connectivity index (χ0v) is 13.5. The second-order valence-electron chi connectivity index (χ2n) is 5.50. The number of ether oxygens (including phenoxy) is 1. The van der Waals surface area contributed by atoms with E-state index in [4.69, 9.17) is 9.84 Å². The maximum Gasteiger partial charge on any atom is 0.335 e. The van der Waals surface area contributed by atoms with E-state index in [1.54, 1.807) is 18.5 Å². The monoisotopic (exact) mass is 339 g/mol. The molecule has 1 fully saturated rings. The Morgan fingerprint density at radius 2 is 1.64 bits per heavy atom. The smallest absolute Gasteiger partial charge is 0.335 e. The third-order valence-corrected chi connectivity index (χ3v) is 3.80. The van der Waals surface area contributed by atoms with Crippen LogP contribution in [0.3, 0.4) is 0 Å². The molecule has 128 valence electrons. The fraction of sp³-hybridized carbons (Fsp3) is 0.222. The molecular weight excluding hydrogens is 322 g/mol. The lowest BCUT2D eigenvalue weighted by Gasteiger charge is -2.26. The van der Waals surface area contributed by atoms with Gasteiger partial charge in [0.25, 0.3) is 0 Å². The van der Waals surface area contributed by atoms with Crippen LogP contribution >= 0.6 is 0 Å². The van der Waals surface area contributed by atoms with Gasteiger partial charge < -0.3 is 14.7 Å². The third kappa shape index (κ3) is 4.27. The second-order valence-corrected chi connectivity index (χ2v) is 5.50. The van der Waals surface area contributed by atoms with Crippen LogP contribution in [0, 0.1) is 0 Å². The first kappa shape index (κ1) is 16.8. The van der Waals surface area contributed by atoms with Crippen LogP contribution in [0.1, 0.15) is 26.3 Å². The third-order valence-electron chi connectivity index (χ3n) is 3.80. The largest absolute Gasteiger partial charge is 0.478 e. The van der Waals surface area contributed by atoms with E-state index in [1.165, 1.54) is 30.3 Å². The van der Waals surface area contributed by atoms with Crippen molar-refractivity contribution in [2.45, 2.75) is 0 Å². The zero-order valence-electron chi connectivity index (χ0n) is 13.5. The molecule has 0 bridgehead atoms. The van der Waals surface area contributed by atoms with Crippen molar-refractivity contribution in [1.82, 2.24) is 9.97 Å². The highest BCUT2D eigenvalue weighted by atomic mass is 16.5. The number of carbonyl (C=O) groups excluding carboxylic acids is 1. The Morgan fingerprint density at radius 3 is 2.24 bits per heavy atom. The first-order valence-electron chi connectivity index (χ1n) is 7.84. The van der Waals surface area contributed by atoms with Gasteiger partial charge in [0.05, 0.1) is 18.8 Å². The summed E-state index contributed by atoms with van der Waals surface area (Å²) < 4.78 is 5.29. The quantitative estimate of drug-likeness (QED) is 0.657. The van der Waals surface area contributed by atoms with E-state index < -0.39 is 5.97 Å². The SMILES string of the molecule is O=C(O)c1ccc(C(=O)/C=C\c2cnc(N3CCOCC3)nc2)cc1. The number of carboxylic acid groups (broad SMARTS) is 1. The van der Waals surface area contributed by atoms with Gasteiger partial charge in [0.15, 0.2) is 5.78 Å². The van der Waals surface area contributed by atoms with Gasteiger partial charge in [-0.05, 0) is 24.3 Å². The molecule has 0 saturated carbocycles. The van der Waals surface area contributed by atoms with Gasteiger partial charge in [-0.15, -0.1) is 0 Å². The van der Waals surface area contributed by atoms with Gasteiger partial charge in [-0.25, -0.2) is 14.8 Å². The molecule has 7 nitrogen and oxygen atoms in total. The normalized spacial score (nSPS) is 14.6. The highest BCUT2D eigenvalue weighted by Gasteiger charge is 2.13. The Bertz CT molecular complexity index is 779. The van der Waals surface area contributed by atoms with Crippen molar-refractivity contribution in [1.29, 1.82) is 0 Å². The Hall–Kier alpha value is -3.06. The predicted molar refractivity (Wildman–Crippen MR) is 91.8 cm³/mol. The predicted octanol–water partition coefficient (Wildman–Crippen LogP) is 1.91. The molecule has 1 saturated heterocycles. The van der Waals surface area contributed by atoms with Gasteiger partial charge in [0.1, 0.15) is 0 Å². The minimum Gasteiger partial charge on any atom is -0.478 e. The number of benzene rings is 1. The Kier molecular flexibility index (Phi) is 5.15. The average molecular weight is 339 g/mol. The molecule has 0 atom stereocenters. The van der Waals surface area contributed by atoms with E-state index in [2.05, 4.69) is 9.97 Å². The van der Waals surface area contributed by atoms with Crippen molar-refractivity contribution in [2.75, 3.05) is 31.2 Å². The fourth-order valence-corrected chi connectivity index (χ4v) is 2.39. The summed E-state index contributed by atoms with van der Waals surface area (Å²) in [6.45, 7) is 2.86. The molecule has 0 aliphatic carbocycles. The maximum atomic E-state index is 12.1. The number of carboxylic acids is 1. The maximum absolute atomic E-state index is 12.1. The zero-order chi connectivity index (χ0) is 17.6. The van der Waals surface area contributed by atoms with Gasteiger partial charge >= 0.3 is 5.97 Å². The summed E-state index contributed by atoms with van der Waals surface area (Å²) in [6, 6.07) is 5.80. The molecule has 0 spiro atoms. The van der Waals surface area contributed by atoms with Crippen molar-refractivity contribution >= 4 is 23.8 Å². The lowest BCUT2D eigenvalue weighted by molar-refractivity contribution is 0.0696. The number of morpholine rings is 1. The minimum atomic E-state index is -1.02. The van der Waals surface area contributed by atoms with E-state index >= 15 is 0 Å². The van der Waals surface area contributed by atoms with E-state index in [0.717, 1.165) is 13.1 Å². The van der Waals surface area contributed by atoms with Crippen LogP contribution in [0.4, 0.5) is 5.95 Å². The number of anilines is 1. The fourth-order valence-electron chi connectivity index (χ4n) is 2.39. The lowest BCUT2D eigenvalue weighted by Crippen LogP contribution is -2.37. The summed E-state index contributed by atoms with van der Waals surface area (Å²) in [5.74, 6) is -0.586. The van der Waals surface area contributed by atoms with Crippen molar-refractivity contribution in [3.8, 4) is 0 Å². The van der Waals surface area contributed by atoms with Crippen molar-refractivity contribution in [2.24, 2.45) is 0 Å². The number of carbonyl (C=O) groups is 2. The Morgan fingerprint density at radius 1 is 1.04 bits per heavy atom. The molecule has 7 heteroatoms. The van der Waals surface area contributed by atoms with Crippen LogP contribution in [-0.4, -0.2) is 53.1 Å². The molecule has 25 heavy (non-hydrogen) atoms. The summed E-state index contributed by atoms with van der Waals surface area (Å²) in [7, 11) is 0. The van der Waals surface area contributed by atoms with Crippen LogP contribution in [0.5, 0.6) is 0 Å².